The predicted molar refractivity (Wildman–Crippen MR) is 357 cm³/mol. The van der Waals surface area contributed by atoms with Crippen molar-refractivity contribution in [2.75, 3.05) is 13.2 Å². The van der Waals surface area contributed by atoms with Gasteiger partial charge in [0.1, 0.15) is 13.2 Å². The largest absolute Gasteiger partial charge is 0.462 e. The van der Waals surface area contributed by atoms with Crippen LogP contribution in [0.3, 0.4) is 0 Å². The highest BCUT2D eigenvalue weighted by molar-refractivity contribution is 5.71. The Labute approximate surface area is 507 Å². The summed E-state index contributed by atoms with van der Waals surface area (Å²) in [6, 6.07) is 0. The monoisotopic (exact) mass is 1140 g/mol. The van der Waals surface area contributed by atoms with Gasteiger partial charge in [-0.15, -0.1) is 0 Å². The van der Waals surface area contributed by atoms with E-state index in [1.165, 1.54) is 161 Å². The van der Waals surface area contributed by atoms with Gasteiger partial charge in [0.05, 0.1) is 0 Å². The smallest absolute Gasteiger partial charge is 0.306 e. The number of esters is 3. The van der Waals surface area contributed by atoms with E-state index in [2.05, 4.69) is 142 Å². The fraction of sp³-hybridized carbons (Fsp3) is 0.697. The average molecular weight is 1140 g/mol. The summed E-state index contributed by atoms with van der Waals surface area (Å²) in [7, 11) is 0. The van der Waals surface area contributed by atoms with E-state index < -0.39 is 6.10 Å². The van der Waals surface area contributed by atoms with E-state index in [-0.39, 0.29) is 31.1 Å². The van der Waals surface area contributed by atoms with E-state index in [1.807, 2.05) is 0 Å². The molecule has 0 rings (SSSR count). The van der Waals surface area contributed by atoms with Crippen LogP contribution in [-0.4, -0.2) is 37.2 Å². The number of rotatable bonds is 62. The molecule has 0 aromatic rings. The highest BCUT2D eigenvalue weighted by Crippen LogP contribution is 2.16. The summed E-state index contributed by atoms with van der Waals surface area (Å²) in [5.74, 6) is -0.891. The zero-order chi connectivity index (χ0) is 59.2. The molecule has 0 aliphatic rings. The Bertz CT molecular complexity index is 1690. The average Bonchev–Trinajstić information content (AvgIpc) is 3.48. The lowest BCUT2D eigenvalue weighted by atomic mass is 10.0. The van der Waals surface area contributed by atoms with Crippen LogP contribution in [0.1, 0.15) is 323 Å². The van der Waals surface area contributed by atoms with Crippen LogP contribution in [0.4, 0.5) is 0 Å². The van der Waals surface area contributed by atoms with Gasteiger partial charge in [-0.25, -0.2) is 0 Å². The maximum Gasteiger partial charge on any atom is 0.306 e. The number of ether oxygens (including phenoxy) is 3. The van der Waals surface area contributed by atoms with E-state index >= 15 is 0 Å². The van der Waals surface area contributed by atoms with Crippen LogP contribution in [0.2, 0.25) is 0 Å². The molecule has 0 heterocycles. The van der Waals surface area contributed by atoms with Gasteiger partial charge in [0.25, 0.3) is 0 Å². The van der Waals surface area contributed by atoms with Gasteiger partial charge >= 0.3 is 17.9 Å². The molecule has 0 N–H and O–H groups in total. The second-order valence-corrected chi connectivity index (χ2v) is 22.7. The minimum absolute atomic E-state index is 0.0825. The molecule has 0 saturated carbocycles. The molecule has 0 aromatic heterocycles. The number of carbonyl (C=O) groups is 3. The molecule has 468 valence electrons. The van der Waals surface area contributed by atoms with Crippen LogP contribution >= 0.6 is 0 Å². The van der Waals surface area contributed by atoms with Crippen LogP contribution in [-0.2, 0) is 28.6 Å². The maximum atomic E-state index is 12.9. The first-order valence-corrected chi connectivity index (χ1v) is 34.5. The number of carbonyl (C=O) groups excluding carboxylic acids is 3. The molecule has 0 aliphatic carbocycles. The first-order valence-electron chi connectivity index (χ1n) is 34.5. The van der Waals surface area contributed by atoms with E-state index in [1.54, 1.807) is 0 Å². The third kappa shape index (κ3) is 66.6. The normalized spacial score (nSPS) is 12.9. The Hall–Kier alpha value is -4.19. The molecule has 0 radical (unpaired) electrons. The van der Waals surface area contributed by atoms with Crippen molar-refractivity contribution in [2.24, 2.45) is 0 Å². The third-order valence-corrected chi connectivity index (χ3v) is 14.7. The second kappa shape index (κ2) is 69.3. The van der Waals surface area contributed by atoms with Crippen LogP contribution in [0.25, 0.3) is 0 Å². The lowest BCUT2D eigenvalue weighted by molar-refractivity contribution is -0.167. The molecule has 82 heavy (non-hydrogen) atoms. The molecule has 0 bridgehead atoms. The number of allylic oxidation sites excluding steroid dienone is 20. The quantitative estimate of drug-likeness (QED) is 0.0261. The molecule has 0 fully saturated rings. The van der Waals surface area contributed by atoms with Crippen molar-refractivity contribution in [1.29, 1.82) is 0 Å². The molecule has 0 aromatic carbocycles. The summed E-state index contributed by atoms with van der Waals surface area (Å²) in [5, 5.41) is 0. The Morgan fingerprint density at radius 1 is 0.256 bits per heavy atom. The van der Waals surface area contributed by atoms with Gasteiger partial charge < -0.3 is 14.2 Å². The fourth-order valence-electron chi connectivity index (χ4n) is 9.55. The standard InChI is InChI=1S/C76H128O6/c1-4-7-10-13-16-19-22-24-26-28-30-32-34-36-37-38-39-41-42-44-46-48-50-52-54-57-60-63-66-69-75(78)81-72-73(71-80-74(77)68-65-62-59-56-21-18-15-12-9-6-3)82-76(79)70-67-64-61-58-55-53-51-49-47-45-43-40-35-33-31-29-27-25-23-20-17-14-11-8-5-2/h7,10,16,19,23-26,29-32,35-37,39-41,44,46,73H,4-6,8-9,11-15,17-18,20-22,27-28,33-34,38,42-43,45,47-72H2,1-3H3/b10-7-,19-16-,25-23-,26-24-,31-29-,32-30-,37-36-,40-35-,41-39-,46-44-. The highest BCUT2D eigenvalue weighted by Gasteiger charge is 2.19. The maximum absolute atomic E-state index is 12.9. The van der Waals surface area contributed by atoms with Gasteiger partial charge in [0.15, 0.2) is 6.10 Å². The zero-order valence-electron chi connectivity index (χ0n) is 53.7. The summed E-state index contributed by atoms with van der Waals surface area (Å²) in [6.07, 6.45) is 96.5. The molecule has 1 unspecified atom stereocenters. The molecule has 6 nitrogen and oxygen atoms in total. The zero-order valence-corrected chi connectivity index (χ0v) is 53.7. The summed E-state index contributed by atoms with van der Waals surface area (Å²) in [5.41, 5.74) is 0. The number of hydrogen-bond acceptors (Lipinski definition) is 6. The van der Waals surface area contributed by atoms with Gasteiger partial charge in [0, 0.05) is 19.3 Å². The Kier molecular flexibility index (Phi) is 65.8. The van der Waals surface area contributed by atoms with Gasteiger partial charge in [-0.2, -0.15) is 0 Å². The fourth-order valence-corrected chi connectivity index (χ4v) is 9.55. The van der Waals surface area contributed by atoms with Gasteiger partial charge in [-0.05, 0) is 116 Å². The molecule has 0 saturated heterocycles. The summed E-state index contributed by atoms with van der Waals surface area (Å²) in [4.78, 5) is 38.3. The van der Waals surface area contributed by atoms with Crippen molar-refractivity contribution < 1.29 is 28.6 Å². The molecule has 6 heteroatoms. The SMILES string of the molecule is CC/C=C\C/C=C\C/C=C\C/C=C\C/C=C\C/C=C\C/C=C\CCCCCCCCCC(=O)OCC(COC(=O)CCCCCCCCCCCC)OC(=O)CCCCCCCCCCCC/C=C\C/C=C\C/C=C\CCCCCCC. The first-order chi connectivity index (χ1) is 40.5. The second-order valence-electron chi connectivity index (χ2n) is 22.7. The van der Waals surface area contributed by atoms with Crippen molar-refractivity contribution in [3.05, 3.63) is 122 Å². The first kappa shape index (κ1) is 77.8. The lowest BCUT2D eigenvalue weighted by Gasteiger charge is -2.18. The molecular formula is C76H128O6. The highest BCUT2D eigenvalue weighted by atomic mass is 16.6. The van der Waals surface area contributed by atoms with Crippen LogP contribution in [0.15, 0.2) is 122 Å². The summed E-state index contributed by atoms with van der Waals surface area (Å²) < 4.78 is 16.9. The number of hydrogen-bond donors (Lipinski definition) is 0. The Balaban J connectivity index is 4.27. The van der Waals surface area contributed by atoms with Gasteiger partial charge in [-0.1, -0.05) is 309 Å². The van der Waals surface area contributed by atoms with Crippen LogP contribution < -0.4 is 0 Å². The van der Waals surface area contributed by atoms with Gasteiger partial charge in [0.2, 0.25) is 0 Å². The predicted octanol–water partition coefficient (Wildman–Crippen LogP) is 23.9. The van der Waals surface area contributed by atoms with Crippen molar-refractivity contribution >= 4 is 17.9 Å². The molecule has 0 spiro atoms. The van der Waals surface area contributed by atoms with E-state index in [0.29, 0.717) is 19.3 Å². The van der Waals surface area contributed by atoms with E-state index in [9.17, 15) is 14.4 Å². The summed E-state index contributed by atoms with van der Waals surface area (Å²) >= 11 is 0. The Morgan fingerprint density at radius 3 is 0.744 bits per heavy atom. The van der Waals surface area contributed by atoms with Crippen molar-refractivity contribution in [3.63, 3.8) is 0 Å². The third-order valence-electron chi connectivity index (χ3n) is 14.7. The molecule has 1 atom stereocenters. The van der Waals surface area contributed by atoms with Crippen molar-refractivity contribution in [3.8, 4) is 0 Å². The van der Waals surface area contributed by atoms with E-state index in [0.717, 1.165) is 122 Å². The van der Waals surface area contributed by atoms with Crippen LogP contribution in [0, 0.1) is 0 Å². The van der Waals surface area contributed by atoms with E-state index in [4.69, 9.17) is 14.2 Å². The molecular weight excluding hydrogens is 1010 g/mol. The minimum atomic E-state index is -0.787. The van der Waals surface area contributed by atoms with Gasteiger partial charge in [-0.3, -0.25) is 14.4 Å². The van der Waals surface area contributed by atoms with Crippen LogP contribution in [0.5, 0.6) is 0 Å². The lowest BCUT2D eigenvalue weighted by Crippen LogP contribution is -2.30. The Morgan fingerprint density at radius 2 is 0.476 bits per heavy atom. The van der Waals surface area contributed by atoms with Crippen molar-refractivity contribution in [2.45, 2.75) is 329 Å². The molecule has 0 aliphatic heterocycles. The topological polar surface area (TPSA) is 78.9 Å². The van der Waals surface area contributed by atoms with Crippen molar-refractivity contribution in [1.82, 2.24) is 0 Å². The minimum Gasteiger partial charge on any atom is -0.462 e. The molecule has 0 amide bonds. The number of unbranched alkanes of at least 4 members (excludes halogenated alkanes) is 31. The summed E-state index contributed by atoms with van der Waals surface area (Å²) in [6.45, 7) is 6.51.